The second-order valence-corrected chi connectivity index (χ2v) is 8.08. The highest BCUT2D eigenvalue weighted by Crippen LogP contribution is 2.34. The van der Waals surface area contributed by atoms with E-state index in [1.165, 1.54) is 6.07 Å². The molecule has 0 unspecified atom stereocenters. The molecule has 0 saturated carbocycles. The van der Waals surface area contributed by atoms with E-state index in [2.05, 4.69) is 30.6 Å². The minimum atomic E-state index is -0.134. The van der Waals surface area contributed by atoms with Gasteiger partial charge in [0.05, 0.1) is 11.7 Å². The summed E-state index contributed by atoms with van der Waals surface area (Å²) in [5.74, 6) is -0.134. The van der Waals surface area contributed by atoms with Crippen LogP contribution in [-0.4, -0.2) is 60.3 Å². The highest BCUT2D eigenvalue weighted by atomic mass is 19.1. The van der Waals surface area contributed by atoms with Gasteiger partial charge in [0, 0.05) is 38.8 Å². The quantitative estimate of drug-likeness (QED) is 0.806. The summed E-state index contributed by atoms with van der Waals surface area (Å²) < 4.78 is 19.9. The third kappa shape index (κ3) is 4.81. The average molecular weight is 349 g/mol. The highest BCUT2D eigenvalue weighted by molar-refractivity contribution is 5.16. The molecule has 3 nitrogen and oxygen atoms in total. The highest BCUT2D eigenvalue weighted by Gasteiger charge is 2.42. The van der Waals surface area contributed by atoms with Crippen LogP contribution in [0.2, 0.25) is 0 Å². The Morgan fingerprint density at radius 2 is 2.04 bits per heavy atom. The van der Waals surface area contributed by atoms with Crippen molar-refractivity contribution < 1.29 is 9.13 Å². The standard InChI is InChI=1S/C21H33FN2O/c1-4-20-15-24(17(2)3)16-21(25-20)9-12-23(13-10-21)11-8-18-6-5-7-19(22)14-18/h5-7,14,17,20H,4,8-13,15-16H2,1-3H3/t20-/m1/s1. The molecule has 1 atom stereocenters. The molecule has 0 bridgehead atoms. The summed E-state index contributed by atoms with van der Waals surface area (Å²) in [6.45, 7) is 12.1. The Bertz CT molecular complexity index is 555. The molecule has 0 aromatic heterocycles. The fourth-order valence-corrected chi connectivity index (χ4v) is 4.17. The molecule has 2 aliphatic heterocycles. The number of piperidine rings is 1. The van der Waals surface area contributed by atoms with Crippen LogP contribution in [0.5, 0.6) is 0 Å². The molecule has 0 radical (unpaired) electrons. The number of rotatable bonds is 5. The van der Waals surface area contributed by atoms with E-state index in [9.17, 15) is 4.39 Å². The molecule has 0 N–H and O–H groups in total. The van der Waals surface area contributed by atoms with Crippen LogP contribution >= 0.6 is 0 Å². The van der Waals surface area contributed by atoms with Crippen LogP contribution in [0.1, 0.15) is 45.6 Å². The molecule has 4 heteroatoms. The van der Waals surface area contributed by atoms with E-state index in [0.29, 0.717) is 12.1 Å². The average Bonchev–Trinajstić information content (AvgIpc) is 2.61. The Morgan fingerprint density at radius 3 is 2.68 bits per heavy atom. The van der Waals surface area contributed by atoms with E-state index in [0.717, 1.165) is 64.0 Å². The minimum Gasteiger partial charge on any atom is -0.369 e. The van der Waals surface area contributed by atoms with Gasteiger partial charge in [-0.1, -0.05) is 19.1 Å². The maximum atomic E-state index is 13.3. The van der Waals surface area contributed by atoms with E-state index in [-0.39, 0.29) is 11.4 Å². The van der Waals surface area contributed by atoms with Gasteiger partial charge < -0.3 is 9.64 Å². The lowest BCUT2D eigenvalue weighted by atomic mass is 9.87. The number of morpholine rings is 1. The maximum Gasteiger partial charge on any atom is 0.123 e. The topological polar surface area (TPSA) is 15.7 Å². The monoisotopic (exact) mass is 348 g/mol. The van der Waals surface area contributed by atoms with Crippen LogP contribution < -0.4 is 0 Å². The minimum absolute atomic E-state index is 0.0402. The molecule has 1 aromatic rings. The van der Waals surface area contributed by atoms with Gasteiger partial charge in [-0.25, -0.2) is 4.39 Å². The van der Waals surface area contributed by atoms with E-state index < -0.39 is 0 Å². The van der Waals surface area contributed by atoms with Gasteiger partial charge in [0.15, 0.2) is 0 Å². The van der Waals surface area contributed by atoms with Gasteiger partial charge in [0.2, 0.25) is 0 Å². The van der Waals surface area contributed by atoms with Crippen molar-refractivity contribution in [1.82, 2.24) is 9.80 Å². The van der Waals surface area contributed by atoms with Crippen LogP contribution in [0.25, 0.3) is 0 Å². The predicted molar refractivity (Wildman–Crippen MR) is 100 cm³/mol. The molecular formula is C21H33FN2O. The van der Waals surface area contributed by atoms with Crippen molar-refractivity contribution >= 4 is 0 Å². The number of hydrogen-bond acceptors (Lipinski definition) is 3. The van der Waals surface area contributed by atoms with E-state index in [1.54, 1.807) is 12.1 Å². The van der Waals surface area contributed by atoms with Gasteiger partial charge in [0.1, 0.15) is 5.82 Å². The van der Waals surface area contributed by atoms with Gasteiger partial charge in [-0.3, -0.25) is 4.90 Å². The fraction of sp³-hybridized carbons (Fsp3) is 0.714. The van der Waals surface area contributed by atoms with Crippen LogP contribution in [-0.2, 0) is 11.2 Å². The first-order valence-electron chi connectivity index (χ1n) is 9.88. The lowest BCUT2D eigenvalue weighted by molar-refractivity contribution is -0.181. The second kappa shape index (κ2) is 8.15. The van der Waals surface area contributed by atoms with Crippen LogP contribution in [0.4, 0.5) is 4.39 Å². The summed E-state index contributed by atoms with van der Waals surface area (Å²) >= 11 is 0. The van der Waals surface area contributed by atoms with E-state index >= 15 is 0 Å². The zero-order valence-corrected chi connectivity index (χ0v) is 16.0. The van der Waals surface area contributed by atoms with Crippen molar-refractivity contribution in [3.8, 4) is 0 Å². The number of hydrogen-bond donors (Lipinski definition) is 0. The largest absolute Gasteiger partial charge is 0.369 e. The Balaban J connectivity index is 1.53. The van der Waals surface area contributed by atoms with Gasteiger partial charge >= 0.3 is 0 Å². The van der Waals surface area contributed by atoms with Crippen molar-refractivity contribution in [3.63, 3.8) is 0 Å². The zero-order chi connectivity index (χ0) is 17.9. The molecule has 2 aliphatic rings. The Labute approximate surface area is 152 Å². The molecule has 0 amide bonds. The number of ether oxygens (including phenoxy) is 1. The summed E-state index contributed by atoms with van der Waals surface area (Å²) in [5.41, 5.74) is 1.13. The van der Waals surface area contributed by atoms with Gasteiger partial charge in [-0.15, -0.1) is 0 Å². The molecule has 2 heterocycles. The summed E-state index contributed by atoms with van der Waals surface area (Å²) in [6, 6.07) is 7.57. The van der Waals surface area contributed by atoms with Crippen molar-refractivity contribution in [3.05, 3.63) is 35.6 Å². The van der Waals surface area contributed by atoms with Crippen molar-refractivity contribution in [2.45, 2.75) is 64.2 Å². The van der Waals surface area contributed by atoms with Gasteiger partial charge in [-0.2, -0.15) is 0 Å². The number of nitrogens with zero attached hydrogens (tertiary/aromatic N) is 2. The van der Waals surface area contributed by atoms with Crippen LogP contribution in [0.15, 0.2) is 24.3 Å². The Kier molecular flexibility index (Phi) is 6.13. The molecule has 2 saturated heterocycles. The number of halogens is 1. The third-order valence-electron chi connectivity index (χ3n) is 5.90. The maximum absolute atomic E-state index is 13.3. The first-order valence-corrected chi connectivity index (χ1v) is 9.88. The summed E-state index contributed by atoms with van der Waals surface area (Å²) in [7, 11) is 0. The molecule has 0 aliphatic carbocycles. The van der Waals surface area contributed by atoms with E-state index in [4.69, 9.17) is 4.74 Å². The zero-order valence-electron chi connectivity index (χ0n) is 16.0. The molecule has 2 fully saturated rings. The molecule has 3 rings (SSSR count). The van der Waals surface area contributed by atoms with Gasteiger partial charge in [-0.05, 0) is 57.2 Å². The SMILES string of the molecule is CC[C@@H]1CN(C(C)C)CC2(CCN(CCc3cccc(F)c3)CC2)O1. The number of benzene rings is 1. The van der Waals surface area contributed by atoms with Crippen molar-refractivity contribution in [1.29, 1.82) is 0 Å². The first kappa shape index (κ1) is 18.8. The number of likely N-dealkylation sites (tertiary alicyclic amines) is 1. The normalized spacial score (nSPS) is 24.9. The second-order valence-electron chi connectivity index (χ2n) is 8.08. The van der Waals surface area contributed by atoms with Crippen LogP contribution in [0.3, 0.4) is 0 Å². The molecule has 1 spiro atoms. The van der Waals surface area contributed by atoms with Crippen molar-refractivity contribution in [2.75, 3.05) is 32.7 Å². The third-order valence-corrected chi connectivity index (χ3v) is 5.90. The summed E-state index contributed by atoms with van der Waals surface area (Å²) in [6.07, 6.45) is 4.59. The van der Waals surface area contributed by atoms with Crippen LogP contribution in [0, 0.1) is 5.82 Å². The predicted octanol–water partition coefficient (Wildman–Crippen LogP) is 3.72. The smallest absolute Gasteiger partial charge is 0.123 e. The lowest BCUT2D eigenvalue weighted by Gasteiger charge is -2.51. The molecule has 1 aromatic carbocycles. The Morgan fingerprint density at radius 1 is 1.28 bits per heavy atom. The van der Waals surface area contributed by atoms with Gasteiger partial charge in [0.25, 0.3) is 0 Å². The fourth-order valence-electron chi connectivity index (χ4n) is 4.17. The molecule has 25 heavy (non-hydrogen) atoms. The lowest BCUT2D eigenvalue weighted by Crippen LogP contribution is -2.60. The summed E-state index contributed by atoms with van der Waals surface area (Å²) in [4.78, 5) is 5.11. The molecule has 140 valence electrons. The van der Waals surface area contributed by atoms with E-state index in [1.807, 2.05) is 6.07 Å². The first-order chi connectivity index (χ1) is 12.0. The molecular weight excluding hydrogens is 315 g/mol. The summed E-state index contributed by atoms with van der Waals surface area (Å²) in [5, 5.41) is 0. The van der Waals surface area contributed by atoms with Crippen molar-refractivity contribution in [2.24, 2.45) is 0 Å². The Hall–Kier alpha value is -0.970.